The van der Waals surface area contributed by atoms with Crippen LogP contribution in [0.5, 0.6) is 0 Å². The summed E-state index contributed by atoms with van der Waals surface area (Å²) in [6.07, 6.45) is 3.60. The molecule has 4 nitrogen and oxygen atoms in total. The van der Waals surface area contributed by atoms with E-state index in [1.165, 1.54) is 30.5 Å². The topological polar surface area (TPSA) is 38.0 Å². The van der Waals surface area contributed by atoms with Crippen LogP contribution in [-0.2, 0) is 11.3 Å². The maximum atomic E-state index is 6.09. The Balaban J connectivity index is 1.55. The first-order valence-corrected chi connectivity index (χ1v) is 10.1. The number of likely N-dealkylation sites (tertiary alicyclic amines) is 1. The SMILES string of the molecule is CON=C(C)c1cccc(-c2ccc3oc(CCN4CCC[C@H]4C)cc3c2)c1. The minimum Gasteiger partial charge on any atom is -0.461 e. The highest BCUT2D eigenvalue weighted by Gasteiger charge is 2.20. The van der Waals surface area contributed by atoms with Gasteiger partial charge in [0.15, 0.2) is 0 Å². The van der Waals surface area contributed by atoms with Gasteiger partial charge in [0.05, 0.1) is 5.71 Å². The van der Waals surface area contributed by atoms with Crippen LogP contribution < -0.4 is 0 Å². The molecule has 0 saturated carbocycles. The maximum absolute atomic E-state index is 6.09. The van der Waals surface area contributed by atoms with E-state index in [9.17, 15) is 0 Å². The Hall–Kier alpha value is -2.59. The smallest absolute Gasteiger partial charge is 0.134 e. The molecule has 1 aromatic heterocycles. The standard InChI is InChI=1S/C24H28N2O2/c1-17-6-5-12-26(17)13-11-23-16-22-15-21(9-10-24(22)28-23)20-8-4-7-19(14-20)18(2)25-27-3/h4,7-10,14-17H,5-6,11-13H2,1-3H3/t17-/m1/s1. The third-order valence-corrected chi connectivity index (χ3v) is 5.75. The van der Waals surface area contributed by atoms with Crippen LogP contribution in [0.15, 0.2) is 58.1 Å². The van der Waals surface area contributed by atoms with E-state index in [0.717, 1.165) is 41.0 Å². The highest BCUT2D eigenvalue weighted by Crippen LogP contribution is 2.28. The molecule has 0 bridgehead atoms. The van der Waals surface area contributed by atoms with Crippen LogP contribution >= 0.6 is 0 Å². The molecule has 28 heavy (non-hydrogen) atoms. The zero-order chi connectivity index (χ0) is 19.5. The molecular weight excluding hydrogens is 348 g/mol. The molecule has 0 N–H and O–H groups in total. The number of furan rings is 1. The van der Waals surface area contributed by atoms with Crippen molar-refractivity contribution in [2.24, 2.45) is 5.16 Å². The van der Waals surface area contributed by atoms with Crippen molar-refractivity contribution >= 4 is 16.7 Å². The van der Waals surface area contributed by atoms with Crippen LogP contribution in [0, 0.1) is 0 Å². The molecule has 0 amide bonds. The van der Waals surface area contributed by atoms with Crippen LogP contribution in [0.25, 0.3) is 22.1 Å². The Bertz CT molecular complexity index is 989. The summed E-state index contributed by atoms with van der Waals surface area (Å²) in [6.45, 7) is 6.57. The highest BCUT2D eigenvalue weighted by molar-refractivity contribution is 5.99. The van der Waals surface area contributed by atoms with Gasteiger partial charge in [-0.2, -0.15) is 0 Å². The number of rotatable bonds is 6. The van der Waals surface area contributed by atoms with Crippen LogP contribution in [-0.4, -0.2) is 36.9 Å². The van der Waals surface area contributed by atoms with E-state index in [1.54, 1.807) is 7.11 Å². The van der Waals surface area contributed by atoms with Gasteiger partial charge in [0, 0.05) is 24.4 Å². The number of oxime groups is 1. The molecule has 4 heteroatoms. The van der Waals surface area contributed by atoms with Crippen LogP contribution in [0.4, 0.5) is 0 Å². The van der Waals surface area contributed by atoms with Gasteiger partial charge in [0.1, 0.15) is 18.5 Å². The zero-order valence-corrected chi connectivity index (χ0v) is 16.9. The Labute approximate surface area is 166 Å². The summed E-state index contributed by atoms with van der Waals surface area (Å²) in [6, 6.07) is 17.7. The quantitative estimate of drug-likeness (QED) is 0.421. The van der Waals surface area contributed by atoms with Gasteiger partial charge in [-0.25, -0.2) is 0 Å². The summed E-state index contributed by atoms with van der Waals surface area (Å²) < 4.78 is 6.09. The fourth-order valence-corrected chi connectivity index (χ4v) is 4.09. The number of hydrogen-bond donors (Lipinski definition) is 0. The molecule has 0 aliphatic carbocycles. The van der Waals surface area contributed by atoms with Crippen LogP contribution in [0.3, 0.4) is 0 Å². The molecule has 2 aromatic carbocycles. The van der Waals surface area contributed by atoms with Crippen molar-refractivity contribution in [3.63, 3.8) is 0 Å². The lowest BCUT2D eigenvalue weighted by atomic mass is 10.0. The second-order valence-electron chi connectivity index (χ2n) is 7.68. The van der Waals surface area contributed by atoms with Crippen LogP contribution in [0.1, 0.15) is 38.0 Å². The molecule has 2 heterocycles. The fourth-order valence-electron chi connectivity index (χ4n) is 4.09. The van der Waals surface area contributed by atoms with Gasteiger partial charge in [-0.15, -0.1) is 0 Å². The normalized spacial score (nSPS) is 18.1. The van der Waals surface area contributed by atoms with E-state index in [1.807, 2.05) is 6.92 Å². The number of fused-ring (bicyclic) bond motifs is 1. The lowest BCUT2D eigenvalue weighted by Gasteiger charge is -2.19. The molecule has 4 rings (SSSR count). The average molecular weight is 377 g/mol. The number of hydrogen-bond acceptors (Lipinski definition) is 4. The summed E-state index contributed by atoms with van der Waals surface area (Å²) in [5.41, 5.74) is 5.24. The molecule has 0 spiro atoms. The molecular formula is C24H28N2O2. The average Bonchev–Trinajstić information content (AvgIpc) is 3.31. The van der Waals surface area contributed by atoms with Gasteiger partial charge in [-0.05, 0) is 74.2 Å². The van der Waals surface area contributed by atoms with Crippen molar-refractivity contribution in [3.8, 4) is 11.1 Å². The largest absolute Gasteiger partial charge is 0.461 e. The number of benzene rings is 2. The first kappa shape index (κ1) is 18.8. The first-order chi connectivity index (χ1) is 13.6. The van der Waals surface area contributed by atoms with E-state index < -0.39 is 0 Å². The Morgan fingerprint density at radius 1 is 1.18 bits per heavy atom. The zero-order valence-electron chi connectivity index (χ0n) is 16.9. The summed E-state index contributed by atoms with van der Waals surface area (Å²) >= 11 is 0. The van der Waals surface area contributed by atoms with Gasteiger partial charge in [-0.1, -0.05) is 29.4 Å². The van der Waals surface area contributed by atoms with Gasteiger partial charge >= 0.3 is 0 Å². The second kappa shape index (κ2) is 8.19. The molecule has 0 radical (unpaired) electrons. The summed E-state index contributed by atoms with van der Waals surface area (Å²) in [7, 11) is 1.57. The predicted octanol–water partition coefficient (Wildman–Crippen LogP) is 5.50. The Morgan fingerprint density at radius 2 is 2.04 bits per heavy atom. The summed E-state index contributed by atoms with van der Waals surface area (Å²) in [5, 5.41) is 5.20. The second-order valence-corrected chi connectivity index (χ2v) is 7.68. The Morgan fingerprint density at radius 3 is 2.82 bits per heavy atom. The molecule has 3 aromatic rings. The molecule has 0 unspecified atom stereocenters. The van der Waals surface area contributed by atoms with E-state index >= 15 is 0 Å². The van der Waals surface area contributed by atoms with Crippen molar-refractivity contribution in [1.82, 2.24) is 4.90 Å². The molecule has 1 aliphatic rings. The Kier molecular flexibility index (Phi) is 5.49. The van der Waals surface area contributed by atoms with Crippen LogP contribution in [0.2, 0.25) is 0 Å². The molecule has 146 valence electrons. The van der Waals surface area contributed by atoms with E-state index in [2.05, 4.69) is 65.5 Å². The molecule has 1 saturated heterocycles. The third kappa shape index (κ3) is 3.97. The molecule has 1 aliphatic heterocycles. The van der Waals surface area contributed by atoms with Crippen molar-refractivity contribution < 1.29 is 9.25 Å². The lowest BCUT2D eigenvalue weighted by Crippen LogP contribution is -2.28. The van der Waals surface area contributed by atoms with Gasteiger partial charge < -0.3 is 14.2 Å². The van der Waals surface area contributed by atoms with Gasteiger partial charge in [-0.3, -0.25) is 0 Å². The van der Waals surface area contributed by atoms with Crippen molar-refractivity contribution in [2.75, 3.05) is 20.2 Å². The predicted molar refractivity (Wildman–Crippen MR) is 115 cm³/mol. The summed E-state index contributed by atoms with van der Waals surface area (Å²) in [4.78, 5) is 7.47. The maximum Gasteiger partial charge on any atom is 0.134 e. The van der Waals surface area contributed by atoms with Crippen molar-refractivity contribution in [3.05, 3.63) is 59.9 Å². The van der Waals surface area contributed by atoms with E-state index in [0.29, 0.717) is 6.04 Å². The fraction of sp³-hybridized carbons (Fsp3) is 0.375. The summed E-state index contributed by atoms with van der Waals surface area (Å²) in [5.74, 6) is 1.07. The minimum atomic E-state index is 0.702. The van der Waals surface area contributed by atoms with Crippen molar-refractivity contribution in [1.29, 1.82) is 0 Å². The minimum absolute atomic E-state index is 0.702. The molecule has 1 atom stereocenters. The first-order valence-electron chi connectivity index (χ1n) is 10.1. The monoisotopic (exact) mass is 376 g/mol. The lowest BCUT2D eigenvalue weighted by molar-refractivity contribution is 0.213. The number of nitrogens with zero attached hydrogens (tertiary/aromatic N) is 2. The van der Waals surface area contributed by atoms with E-state index in [-0.39, 0.29) is 0 Å². The van der Waals surface area contributed by atoms with E-state index in [4.69, 9.17) is 9.25 Å². The van der Waals surface area contributed by atoms with Gasteiger partial charge in [0.2, 0.25) is 0 Å². The third-order valence-electron chi connectivity index (χ3n) is 5.75. The molecule has 1 fully saturated rings. The van der Waals surface area contributed by atoms with Gasteiger partial charge in [0.25, 0.3) is 0 Å². The highest BCUT2D eigenvalue weighted by atomic mass is 16.6. The van der Waals surface area contributed by atoms with Crippen molar-refractivity contribution in [2.45, 2.75) is 39.2 Å².